The molecule has 1 aromatic carbocycles. The lowest BCUT2D eigenvalue weighted by atomic mass is 9.97. The van der Waals surface area contributed by atoms with Crippen LogP contribution in [0.25, 0.3) is 0 Å². The molecule has 1 aliphatic rings. The van der Waals surface area contributed by atoms with Gasteiger partial charge in [-0.25, -0.2) is 0 Å². The number of benzene rings is 1. The molecule has 1 aliphatic heterocycles. The van der Waals surface area contributed by atoms with E-state index in [-0.39, 0.29) is 11.9 Å². The summed E-state index contributed by atoms with van der Waals surface area (Å²) in [6.07, 6.45) is 1.68. The summed E-state index contributed by atoms with van der Waals surface area (Å²) in [6.45, 7) is 0. The van der Waals surface area contributed by atoms with E-state index in [2.05, 4.69) is 4.98 Å². The summed E-state index contributed by atoms with van der Waals surface area (Å²) in [4.78, 5) is 16.0. The Kier molecular flexibility index (Phi) is 1.96. The van der Waals surface area contributed by atoms with Crippen molar-refractivity contribution in [2.75, 3.05) is 0 Å². The molecular formula is C13H9NO2. The van der Waals surface area contributed by atoms with E-state index in [4.69, 9.17) is 4.74 Å². The molecule has 2 heterocycles. The number of pyridine rings is 1. The van der Waals surface area contributed by atoms with Crippen LogP contribution in [-0.2, 0) is 4.79 Å². The Labute approximate surface area is 92.7 Å². The van der Waals surface area contributed by atoms with Gasteiger partial charge in [-0.15, -0.1) is 0 Å². The molecule has 0 fully saturated rings. The monoisotopic (exact) mass is 211 g/mol. The number of carbonyl (C=O) groups is 1. The zero-order valence-corrected chi connectivity index (χ0v) is 8.46. The number of aromatic nitrogens is 1. The van der Waals surface area contributed by atoms with Crippen LogP contribution in [0.3, 0.4) is 0 Å². The number of hydrogen-bond donors (Lipinski definition) is 0. The van der Waals surface area contributed by atoms with Crippen LogP contribution < -0.4 is 4.74 Å². The molecule has 3 nitrogen and oxygen atoms in total. The number of ether oxygens (including phenoxy) is 1. The highest BCUT2D eigenvalue weighted by atomic mass is 16.5. The zero-order valence-electron chi connectivity index (χ0n) is 8.46. The van der Waals surface area contributed by atoms with Crippen LogP contribution in [0.2, 0.25) is 0 Å². The van der Waals surface area contributed by atoms with Crippen LogP contribution in [0, 0.1) is 0 Å². The molecule has 0 radical (unpaired) electrons. The fraction of sp³-hybridized carbons (Fsp3) is 0.0769. The van der Waals surface area contributed by atoms with Crippen LogP contribution >= 0.6 is 0 Å². The van der Waals surface area contributed by atoms with E-state index in [1.807, 2.05) is 30.3 Å². The highest BCUT2D eigenvalue weighted by molar-refractivity contribution is 5.88. The number of rotatable bonds is 1. The molecule has 0 spiro atoms. The minimum atomic E-state index is -0.377. The third kappa shape index (κ3) is 1.29. The Morgan fingerprint density at radius 1 is 1.06 bits per heavy atom. The van der Waals surface area contributed by atoms with Crippen molar-refractivity contribution in [3.63, 3.8) is 0 Å². The molecule has 1 unspecified atom stereocenters. The first kappa shape index (κ1) is 9.09. The maximum absolute atomic E-state index is 11.8. The van der Waals surface area contributed by atoms with E-state index in [9.17, 15) is 4.79 Å². The zero-order chi connectivity index (χ0) is 11.0. The first-order valence-electron chi connectivity index (χ1n) is 5.08. The van der Waals surface area contributed by atoms with Gasteiger partial charge in [0.05, 0.1) is 0 Å². The highest BCUT2D eigenvalue weighted by Gasteiger charge is 2.35. The second-order valence-electron chi connectivity index (χ2n) is 3.65. The van der Waals surface area contributed by atoms with Crippen molar-refractivity contribution in [3.8, 4) is 5.75 Å². The van der Waals surface area contributed by atoms with Gasteiger partial charge in [0.25, 0.3) is 0 Å². The van der Waals surface area contributed by atoms with Crippen molar-refractivity contribution < 1.29 is 9.53 Å². The van der Waals surface area contributed by atoms with Gasteiger partial charge >= 0.3 is 5.97 Å². The minimum Gasteiger partial charge on any atom is -0.424 e. The summed E-state index contributed by atoms with van der Waals surface area (Å²) in [6, 6.07) is 13.1. The van der Waals surface area contributed by atoms with Crippen molar-refractivity contribution in [1.29, 1.82) is 0 Å². The predicted octanol–water partition coefficient (Wildman–Crippen LogP) is 2.13. The number of hydrogen-bond acceptors (Lipinski definition) is 3. The molecule has 16 heavy (non-hydrogen) atoms. The molecule has 78 valence electrons. The molecule has 0 saturated heterocycles. The highest BCUT2D eigenvalue weighted by Crippen LogP contribution is 2.36. The Bertz CT molecular complexity index is 537. The lowest BCUT2D eigenvalue weighted by molar-refractivity contribution is -0.133. The number of nitrogens with zero attached hydrogens (tertiary/aromatic N) is 1. The first-order chi connectivity index (χ1) is 7.86. The van der Waals surface area contributed by atoms with Gasteiger partial charge < -0.3 is 4.74 Å². The summed E-state index contributed by atoms with van der Waals surface area (Å²) in [5.74, 6) is -0.0568. The Balaban J connectivity index is 2.13. The average molecular weight is 211 g/mol. The van der Waals surface area contributed by atoms with Gasteiger partial charge in [0.2, 0.25) is 0 Å². The summed E-state index contributed by atoms with van der Waals surface area (Å²) >= 11 is 0. The SMILES string of the molecule is O=C1Oc2cccnc2C1c1ccccc1. The van der Waals surface area contributed by atoms with Crippen LogP contribution in [0.5, 0.6) is 5.75 Å². The van der Waals surface area contributed by atoms with Crippen molar-refractivity contribution in [2.45, 2.75) is 5.92 Å². The number of carbonyl (C=O) groups excluding carboxylic acids is 1. The fourth-order valence-electron chi connectivity index (χ4n) is 1.92. The topological polar surface area (TPSA) is 39.2 Å². The Morgan fingerprint density at radius 3 is 2.69 bits per heavy atom. The van der Waals surface area contributed by atoms with Gasteiger partial charge in [-0.3, -0.25) is 9.78 Å². The van der Waals surface area contributed by atoms with Crippen LogP contribution in [0.4, 0.5) is 0 Å². The van der Waals surface area contributed by atoms with Gasteiger partial charge in [0, 0.05) is 6.20 Å². The molecule has 0 saturated carbocycles. The molecule has 2 aromatic rings. The van der Waals surface area contributed by atoms with E-state index >= 15 is 0 Å². The standard InChI is InChI=1S/C13H9NO2/c15-13-11(9-5-2-1-3-6-9)12-10(16-13)7-4-8-14-12/h1-8,11H. The second-order valence-corrected chi connectivity index (χ2v) is 3.65. The molecule has 1 atom stereocenters. The number of fused-ring (bicyclic) bond motifs is 1. The maximum Gasteiger partial charge on any atom is 0.325 e. The van der Waals surface area contributed by atoms with E-state index in [1.54, 1.807) is 18.3 Å². The first-order valence-corrected chi connectivity index (χ1v) is 5.08. The van der Waals surface area contributed by atoms with Gasteiger partial charge in [-0.1, -0.05) is 30.3 Å². The van der Waals surface area contributed by atoms with Crippen LogP contribution in [0.1, 0.15) is 17.2 Å². The van der Waals surface area contributed by atoms with E-state index < -0.39 is 0 Å². The van der Waals surface area contributed by atoms with Gasteiger partial charge in [-0.05, 0) is 17.7 Å². The summed E-state index contributed by atoms with van der Waals surface area (Å²) in [5, 5.41) is 0. The largest absolute Gasteiger partial charge is 0.424 e. The second kappa shape index (κ2) is 3.45. The molecule has 1 aromatic heterocycles. The molecule has 0 aliphatic carbocycles. The summed E-state index contributed by atoms with van der Waals surface area (Å²) in [5.41, 5.74) is 1.63. The van der Waals surface area contributed by atoms with E-state index in [1.165, 1.54) is 0 Å². The third-order valence-corrected chi connectivity index (χ3v) is 2.65. The molecule has 3 rings (SSSR count). The predicted molar refractivity (Wildman–Crippen MR) is 58.2 cm³/mol. The summed E-state index contributed by atoms with van der Waals surface area (Å²) < 4.78 is 5.17. The van der Waals surface area contributed by atoms with Crippen molar-refractivity contribution in [3.05, 3.63) is 59.9 Å². The van der Waals surface area contributed by atoms with Crippen LogP contribution in [0.15, 0.2) is 48.7 Å². The van der Waals surface area contributed by atoms with Crippen molar-refractivity contribution >= 4 is 5.97 Å². The lowest BCUT2D eigenvalue weighted by Gasteiger charge is -2.05. The van der Waals surface area contributed by atoms with Gasteiger partial charge in [-0.2, -0.15) is 0 Å². The minimum absolute atomic E-state index is 0.250. The van der Waals surface area contributed by atoms with Gasteiger partial charge in [0.15, 0.2) is 5.75 Å². The maximum atomic E-state index is 11.8. The molecule has 0 amide bonds. The quantitative estimate of drug-likeness (QED) is 0.678. The van der Waals surface area contributed by atoms with E-state index in [0.717, 1.165) is 5.56 Å². The Hall–Kier alpha value is -2.16. The van der Waals surface area contributed by atoms with E-state index in [0.29, 0.717) is 11.4 Å². The molecular weight excluding hydrogens is 202 g/mol. The number of esters is 1. The van der Waals surface area contributed by atoms with Crippen LogP contribution in [-0.4, -0.2) is 11.0 Å². The normalized spacial score (nSPS) is 18.0. The van der Waals surface area contributed by atoms with Crippen molar-refractivity contribution in [1.82, 2.24) is 4.98 Å². The molecule has 3 heteroatoms. The van der Waals surface area contributed by atoms with Crippen molar-refractivity contribution in [2.24, 2.45) is 0 Å². The lowest BCUT2D eigenvalue weighted by Crippen LogP contribution is -2.11. The summed E-state index contributed by atoms with van der Waals surface area (Å²) in [7, 11) is 0. The molecule has 0 bridgehead atoms. The average Bonchev–Trinajstić information content (AvgIpc) is 2.66. The molecule has 0 N–H and O–H groups in total. The Morgan fingerprint density at radius 2 is 1.88 bits per heavy atom. The fourth-order valence-corrected chi connectivity index (χ4v) is 1.92. The van der Waals surface area contributed by atoms with Gasteiger partial charge in [0.1, 0.15) is 11.6 Å². The third-order valence-electron chi connectivity index (χ3n) is 2.65. The smallest absolute Gasteiger partial charge is 0.325 e.